The zero-order valence-corrected chi connectivity index (χ0v) is 20.8. The van der Waals surface area contributed by atoms with E-state index in [-0.39, 0.29) is 16.4 Å². The number of aromatic nitrogens is 3. The molecule has 9 nitrogen and oxygen atoms in total. The maximum absolute atomic E-state index is 11.7. The molecule has 0 radical (unpaired) electrons. The molecule has 1 fully saturated rings. The van der Waals surface area contributed by atoms with Crippen LogP contribution in [0.15, 0.2) is 71.9 Å². The van der Waals surface area contributed by atoms with Crippen molar-refractivity contribution in [2.45, 2.75) is 11.4 Å². The summed E-state index contributed by atoms with van der Waals surface area (Å²) >= 11 is 0. The summed E-state index contributed by atoms with van der Waals surface area (Å²) < 4.78 is 48.6. The van der Waals surface area contributed by atoms with Crippen molar-refractivity contribution in [3.8, 4) is 5.69 Å². The van der Waals surface area contributed by atoms with E-state index in [0.29, 0.717) is 31.2 Å². The average molecular weight is 512 g/mol. The topological polar surface area (TPSA) is 114 Å². The van der Waals surface area contributed by atoms with Gasteiger partial charge in [0.05, 0.1) is 16.4 Å². The summed E-state index contributed by atoms with van der Waals surface area (Å²) in [5.74, 6) is 0.880. The Labute approximate surface area is 204 Å². The van der Waals surface area contributed by atoms with Crippen molar-refractivity contribution < 1.29 is 16.8 Å². The third-order valence-corrected chi connectivity index (χ3v) is 8.76. The summed E-state index contributed by atoms with van der Waals surface area (Å²) in [5, 5.41) is 4.09. The molecule has 0 saturated carbocycles. The van der Waals surface area contributed by atoms with Crippen molar-refractivity contribution in [1.82, 2.24) is 19.4 Å². The second-order valence-corrected chi connectivity index (χ2v) is 13.0. The molecule has 1 saturated heterocycles. The first kappa shape index (κ1) is 23.5. The summed E-state index contributed by atoms with van der Waals surface area (Å²) in [6.45, 7) is 1.84. The summed E-state index contributed by atoms with van der Waals surface area (Å²) in [4.78, 5) is 11.5. The third-order valence-electron chi connectivity index (χ3n) is 6.02. The van der Waals surface area contributed by atoms with Crippen molar-refractivity contribution in [1.29, 1.82) is 0 Å². The second kappa shape index (κ2) is 9.06. The lowest BCUT2D eigenvalue weighted by Gasteiger charge is -2.26. The predicted molar refractivity (Wildman–Crippen MR) is 136 cm³/mol. The van der Waals surface area contributed by atoms with Gasteiger partial charge in [0.2, 0.25) is 5.95 Å². The van der Waals surface area contributed by atoms with Crippen LogP contribution < -0.4 is 5.32 Å². The van der Waals surface area contributed by atoms with Crippen LogP contribution in [0.1, 0.15) is 5.56 Å². The summed E-state index contributed by atoms with van der Waals surface area (Å²) in [7, 11) is -6.14. The van der Waals surface area contributed by atoms with Crippen LogP contribution in [-0.4, -0.2) is 67.1 Å². The van der Waals surface area contributed by atoms with E-state index in [0.717, 1.165) is 22.3 Å². The van der Waals surface area contributed by atoms with Gasteiger partial charge < -0.3 is 9.88 Å². The number of fused-ring (bicyclic) bond motifs is 1. The normalized spacial score (nSPS) is 16.4. The van der Waals surface area contributed by atoms with Crippen LogP contribution in [0.5, 0.6) is 0 Å². The van der Waals surface area contributed by atoms with Gasteiger partial charge in [-0.05, 0) is 48.0 Å². The number of sulfone groups is 2. The van der Waals surface area contributed by atoms with E-state index < -0.39 is 19.7 Å². The molecular formula is C24H25N5O4S2. The Hall–Kier alpha value is -3.28. The molecule has 0 unspecified atom stereocenters. The maximum Gasteiger partial charge on any atom is 0.229 e. The number of rotatable bonds is 6. The minimum absolute atomic E-state index is 0.218. The summed E-state index contributed by atoms with van der Waals surface area (Å²) in [6, 6.07) is 16.5. The van der Waals surface area contributed by atoms with Crippen molar-refractivity contribution in [2.75, 3.05) is 36.2 Å². The maximum atomic E-state index is 11.7. The predicted octanol–water partition coefficient (Wildman–Crippen LogP) is 2.80. The van der Waals surface area contributed by atoms with E-state index in [1.54, 1.807) is 30.5 Å². The molecule has 0 amide bonds. The van der Waals surface area contributed by atoms with E-state index in [4.69, 9.17) is 0 Å². The standard InChI is InChI=1S/C24H25N5O4S2/c1-34(30,31)22-8-6-21(7-9-22)29-11-10-19-16-25-24(27-23(19)29)26-20-4-2-18(3-5-20)17-28-12-14-35(32,33)15-13-28/h2-11,16H,12-15,17H2,1H3,(H,25,26,27). The zero-order chi connectivity index (χ0) is 24.6. The molecule has 35 heavy (non-hydrogen) atoms. The van der Waals surface area contributed by atoms with E-state index in [1.165, 1.54) is 6.26 Å². The van der Waals surface area contributed by atoms with E-state index >= 15 is 0 Å². The van der Waals surface area contributed by atoms with Crippen LogP contribution >= 0.6 is 0 Å². The SMILES string of the molecule is CS(=O)(=O)c1ccc(-n2ccc3cnc(Nc4ccc(CN5CCS(=O)(=O)CC5)cc4)nc32)cc1. The van der Waals surface area contributed by atoms with Gasteiger partial charge in [0.1, 0.15) is 5.65 Å². The Kier molecular flexibility index (Phi) is 6.07. The fraction of sp³-hybridized carbons (Fsp3) is 0.250. The largest absolute Gasteiger partial charge is 0.324 e. The van der Waals surface area contributed by atoms with Gasteiger partial charge in [-0.3, -0.25) is 4.90 Å². The Morgan fingerprint density at radius 2 is 1.66 bits per heavy atom. The van der Waals surface area contributed by atoms with Crippen LogP contribution in [0.2, 0.25) is 0 Å². The minimum atomic E-state index is -3.26. The number of anilines is 2. The molecule has 11 heteroatoms. The average Bonchev–Trinajstić information content (AvgIpc) is 3.24. The number of nitrogens with one attached hydrogen (secondary N) is 1. The molecule has 0 bridgehead atoms. The van der Waals surface area contributed by atoms with Crippen molar-refractivity contribution >= 4 is 42.3 Å². The van der Waals surface area contributed by atoms with Gasteiger partial charge >= 0.3 is 0 Å². The van der Waals surface area contributed by atoms with Crippen LogP contribution in [0.4, 0.5) is 11.6 Å². The molecule has 3 heterocycles. The number of benzene rings is 2. The molecule has 1 N–H and O–H groups in total. The highest BCUT2D eigenvalue weighted by Gasteiger charge is 2.21. The Morgan fingerprint density at radius 3 is 2.31 bits per heavy atom. The van der Waals surface area contributed by atoms with Crippen molar-refractivity contribution in [2.24, 2.45) is 0 Å². The molecular weight excluding hydrogens is 486 g/mol. The molecule has 0 atom stereocenters. The fourth-order valence-electron chi connectivity index (χ4n) is 4.03. The molecule has 0 spiro atoms. The Balaban J connectivity index is 1.31. The smallest absolute Gasteiger partial charge is 0.229 e. The number of hydrogen-bond donors (Lipinski definition) is 1. The first-order valence-corrected chi connectivity index (χ1v) is 14.8. The van der Waals surface area contributed by atoms with Gasteiger partial charge in [-0.1, -0.05) is 12.1 Å². The van der Waals surface area contributed by atoms with Crippen LogP contribution in [0, 0.1) is 0 Å². The first-order valence-electron chi connectivity index (χ1n) is 11.1. The molecule has 0 aliphatic carbocycles. The highest BCUT2D eigenvalue weighted by Crippen LogP contribution is 2.22. The lowest BCUT2D eigenvalue weighted by molar-refractivity contribution is 0.287. The quantitative estimate of drug-likeness (QED) is 0.420. The number of hydrogen-bond acceptors (Lipinski definition) is 8. The Bertz CT molecular complexity index is 1570. The summed E-state index contributed by atoms with van der Waals surface area (Å²) in [5.41, 5.74) is 3.45. The van der Waals surface area contributed by atoms with Gasteiger partial charge in [-0.25, -0.2) is 21.8 Å². The van der Waals surface area contributed by atoms with E-state index in [1.807, 2.05) is 41.1 Å². The van der Waals surface area contributed by atoms with Crippen LogP contribution in [0.3, 0.4) is 0 Å². The fourth-order valence-corrected chi connectivity index (χ4v) is 5.94. The van der Waals surface area contributed by atoms with Crippen molar-refractivity contribution in [3.63, 3.8) is 0 Å². The third kappa shape index (κ3) is 5.37. The molecule has 182 valence electrons. The lowest BCUT2D eigenvalue weighted by Crippen LogP contribution is -2.39. The van der Waals surface area contributed by atoms with Gasteiger partial charge in [-0.2, -0.15) is 4.98 Å². The molecule has 4 aromatic rings. The first-order chi connectivity index (χ1) is 16.7. The van der Waals surface area contributed by atoms with Gasteiger partial charge in [0.25, 0.3) is 0 Å². The second-order valence-electron chi connectivity index (χ2n) is 8.67. The highest BCUT2D eigenvalue weighted by molar-refractivity contribution is 7.91. The van der Waals surface area contributed by atoms with Gasteiger partial charge in [-0.15, -0.1) is 0 Å². The summed E-state index contributed by atoms with van der Waals surface area (Å²) in [6.07, 6.45) is 4.80. The van der Waals surface area contributed by atoms with Crippen LogP contribution in [-0.2, 0) is 26.2 Å². The Morgan fingerprint density at radius 1 is 0.971 bits per heavy atom. The van der Waals surface area contributed by atoms with Crippen LogP contribution in [0.25, 0.3) is 16.7 Å². The monoisotopic (exact) mass is 511 g/mol. The molecule has 1 aliphatic heterocycles. The molecule has 1 aliphatic rings. The highest BCUT2D eigenvalue weighted by atomic mass is 32.2. The van der Waals surface area contributed by atoms with Crippen molar-refractivity contribution in [3.05, 3.63) is 72.6 Å². The molecule has 2 aromatic heterocycles. The van der Waals surface area contributed by atoms with Gasteiger partial charge in [0.15, 0.2) is 19.7 Å². The number of nitrogens with zero attached hydrogens (tertiary/aromatic N) is 4. The van der Waals surface area contributed by atoms with Gasteiger partial charge in [0, 0.05) is 55.0 Å². The zero-order valence-electron chi connectivity index (χ0n) is 19.1. The molecule has 2 aromatic carbocycles. The van der Waals surface area contributed by atoms with E-state index in [9.17, 15) is 16.8 Å². The van der Waals surface area contributed by atoms with E-state index in [2.05, 4.69) is 20.2 Å². The lowest BCUT2D eigenvalue weighted by atomic mass is 10.2. The molecule has 5 rings (SSSR count). The minimum Gasteiger partial charge on any atom is -0.324 e.